The molecule has 0 aromatic heterocycles. The minimum absolute atomic E-state index is 0.000516. The Labute approximate surface area is 169 Å². The van der Waals surface area contributed by atoms with Crippen LogP contribution in [0.2, 0.25) is 0 Å². The molecule has 2 aromatic carbocycles. The van der Waals surface area contributed by atoms with Crippen LogP contribution >= 0.6 is 0 Å². The maximum absolute atomic E-state index is 13.9. The minimum Gasteiger partial charge on any atom is -0.355 e. The Balaban J connectivity index is 1.51. The zero-order valence-corrected chi connectivity index (χ0v) is 16.5. The predicted octanol–water partition coefficient (Wildman–Crippen LogP) is 4.13. The van der Waals surface area contributed by atoms with Gasteiger partial charge in [-0.05, 0) is 37.0 Å². The molecule has 154 valence electrons. The first-order valence-electron chi connectivity index (χ1n) is 10.1. The van der Waals surface area contributed by atoms with Gasteiger partial charge in [0, 0.05) is 37.5 Å². The van der Waals surface area contributed by atoms with E-state index >= 15 is 0 Å². The van der Waals surface area contributed by atoms with Crippen molar-refractivity contribution in [3.05, 3.63) is 71.3 Å². The number of halogens is 2. The first-order valence-corrected chi connectivity index (χ1v) is 10.1. The van der Waals surface area contributed by atoms with Crippen molar-refractivity contribution >= 4 is 11.8 Å². The molecule has 1 saturated heterocycles. The standard InChI is InChI=1S/C23H26F2N2O2/c1-2-16(17-6-4-3-5-7-17)15-26-22(28)18-10-12-27(13-11-18)23(29)20-9-8-19(24)14-21(20)25/h3-9,14,16,18H,2,10-13,15H2,1H3,(H,26,28). The maximum Gasteiger partial charge on any atom is 0.256 e. The zero-order valence-electron chi connectivity index (χ0n) is 16.5. The molecule has 4 nitrogen and oxygen atoms in total. The van der Waals surface area contributed by atoms with Crippen molar-refractivity contribution in [2.24, 2.45) is 5.92 Å². The van der Waals surface area contributed by atoms with E-state index in [2.05, 4.69) is 24.4 Å². The van der Waals surface area contributed by atoms with Crippen LogP contribution in [0, 0.1) is 17.6 Å². The van der Waals surface area contributed by atoms with Crippen molar-refractivity contribution in [1.29, 1.82) is 0 Å². The quantitative estimate of drug-likeness (QED) is 0.793. The Morgan fingerprint density at radius 1 is 1.10 bits per heavy atom. The Kier molecular flexibility index (Phi) is 6.96. The SMILES string of the molecule is CCC(CNC(=O)C1CCN(C(=O)c2ccc(F)cc2F)CC1)c1ccccc1. The molecule has 1 fully saturated rings. The van der Waals surface area contributed by atoms with Crippen LogP contribution < -0.4 is 5.32 Å². The Morgan fingerprint density at radius 3 is 2.41 bits per heavy atom. The van der Waals surface area contributed by atoms with Gasteiger partial charge in [0.05, 0.1) is 5.56 Å². The lowest BCUT2D eigenvalue weighted by Crippen LogP contribution is -2.43. The number of nitrogens with one attached hydrogen (secondary N) is 1. The van der Waals surface area contributed by atoms with Crippen LogP contribution in [0.25, 0.3) is 0 Å². The summed E-state index contributed by atoms with van der Waals surface area (Å²) in [6, 6.07) is 13.1. The van der Waals surface area contributed by atoms with Gasteiger partial charge in [0.1, 0.15) is 11.6 Å². The van der Waals surface area contributed by atoms with Crippen molar-refractivity contribution < 1.29 is 18.4 Å². The average molecular weight is 400 g/mol. The van der Waals surface area contributed by atoms with Gasteiger partial charge in [-0.1, -0.05) is 37.3 Å². The number of hydrogen-bond donors (Lipinski definition) is 1. The molecule has 29 heavy (non-hydrogen) atoms. The van der Waals surface area contributed by atoms with E-state index in [4.69, 9.17) is 0 Å². The van der Waals surface area contributed by atoms with Crippen molar-refractivity contribution in [3.8, 4) is 0 Å². The van der Waals surface area contributed by atoms with Gasteiger partial charge in [-0.15, -0.1) is 0 Å². The molecule has 1 heterocycles. The van der Waals surface area contributed by atoms with Gasteiger partial charge in [-0.25, -0.2) is 8.78 Å². The van der Waals surface area contributed by atoms with E-state index in [1.54, 1.807) is 0 Å². The molecular weight excluding hydrogens is 374 g/mol. The first-order chi connectivity index (χ1) is 14.0. The summed E-state index contributed by atoms with van der Waals surface area (Å²) < 4.78 is 26.9. The number of rotatable bonds is 6. The molecule has 2 aromatic rings. The summed E-state index contributed by atoms with van der Waals surface area (Å²) in [6.07, 6.45) is 1.99. The number of piperidine rings is 1. The van der Waals surface area contributed by atoms with E-state index in [-0.39, 0.29) is 23.3 Å². The molecule has 1 aliphatic heterocycles. The first kappa shape index (κ1) is 21.0. The van der Waals surface area contributed by atoms with Gasteiger partial charge in [0.15, 0.2) is 0 Å². The molecule has 0 spiro atoms. The Bertz CT molecular complexity index is 849. The van der Waals surface area contributed by atoms with Gasteiger partial charge in [0.25, 0.3) is 5.91 Å². The lowest BCUT2D eigenvalue weighted by molar-refractivity contribution is -0.126. The largest absolute Gasteiger partial charge is 0.355 e. The second kappa shape index (κ2) is 9.63. The molecule has 0 saturated carbocycles. The fourth-order valence-corrected chi connectivity index (χ4v) is 3.77. The molecule has 1 atom stereocenters. The smallest absolute Gasteiger partial charge is 0.256 e. The van der Waals surface area contributed by atoms with Crippen molar-refractivity contribution in [1.82, 2.24) is 10.2 Å². The summed E-state index contributed by atoms with van der Waals surface area (Å²) in [5.41, 5.74) is 1.07. The van der Waals surface area contributed by atoms with Crippen LogP contribution in [-0.2, 0) is 4.79 Å². The van der Waals surface area contributed by atoms with E-state index in [9.17, 15) is 18.4 Å². The van der Waals surface area contributed by atoms with Crippen molar-refractivity contribution in [3.63, 3.8) is 0 Å². The monoisotopic (exact) mass is 400 g/mol. The summed E-state index contributed by atoms with van der Waals surface area (Å²) in [5, 5.41) is 3.05. The highest BCUT2D eigenvalue weighted by atomic mass is 19.1. The number of likely N-dealkylation sites (tertiary alicyclic amines) is 1. The number of nitrogens with zero attached hydrogens (tertiary/aromatic N) is 1. The second-order valence-electron chi connectivity index (χ2n) is 7.45. The summed E-state index contributed by atoms with van der Waals surface area (Å²) in [7, 11) is 0. The molecule has 0 bridgehead atoms. The molecule has 3 rings (SSSR count). The van der Waals surface area contributed by atoms with Crippen molar-refractivity contribution in [2.45, 2.75) is 32.1 Å². The highest BCUT2D eigenvalue weighted by molar-refractivity contribution is 5.94. The average Bonchev–Trinajstić information content (AvgIpc) is 2.74. The van der Waals surface area contributed by atoms with Gasteiger partial charge < -0.3 is 10.2 Å². The lowest BCUT2D eigenvalue weighted by atomic mass is 9.93. The van der Waals surface area contributed by atoms with Crippen LogP contribution in [0.15, 0.2) is 48.5 Å². The highest BCUT2D eigenvalue weighted by Gasteiger charge is 2.29. The molecule has 1 N–H and O–H groups in total. The van der Waals surface area contributed by atoms with Crippen LogP contribution in [-0.4, -0.2) is 36.3 Å². The van der Waals surface area contributed by atoms with Crippen LogP contribution in [0.3, 0.4) is 0 Å². The molecular formula is C23H26F2N2O2. The zero-order chi connectivity index (χ0) is 20.8. The van der Waals surface area contributed by atoms with Crippen LogP contribution in [0.4, 0.5) is 8.78 Å². The second-order valence-corrected chi connectivity index (χ2v) is 7.45. The fraction of sp³-hybridized carbons (Fsp3) is 0.391. The Morgan fingerprint density at radius 2 is 1.79 bits per heavy atom. The van der Waals surface area contributed by atoms with Crippen LogP contribution in [0.5, 0.6) is 0 Å². The molecule has 0 radical (unpaired) electrons. The van der Waals surface area contributed by atoms with Crippen molar-refractivity contribution in [2.75, 3.05) is 19.6 Å². The maximum atomic E-state index is 13.9. The van der Waals surface area contributed by atoms with E-state index in [0.29, 0.717) is 38.5 Å². The molecule has 6 heteroatoms. The number of carbonyl (C=O) groups excluding carboxylic acids is 2. The number of amides is 2. The molecule has 1 aliphatic rings. The Hall–Kier alpha value is -2.76. The van der Waals surface area contributed by atoms with Gasteiger partial charge in [-0.3, -0.25) is 9.59 Å². The van der Waals surface area contributed by atoms with Gasteiger partial charge in [-0.2, -0.15) is 0 Å². The number of hydrogen-bond acceptors (Lipinski definition) is 2. The summed E-state index contributed by atoms with van der Waals surface area (Å²) in [5.74, 6) is -1.93. The van der Waals surface area contributed by atoms with E-state index < -0.39 is 17.5 Å². The third-order valence-corrected chi connectivity index (χ3v) is 5.60. The predicted molar refractivity (Wildman–Crippen MR) is 107 cm³/mol. The van der Waals surface area contributed by atoms with E-state index in [1.165, 1.54) is 16.5 Å². The highest BCUT2D eigenvalue weighted by Crippen LogP contribution is 2.22. The summed E-state index contributed by atoms with van der Waals surface area (Å²) in [4.78, 5) is 26.6. The molecule has 2 amide bonds. The summed E-state index contributed by atoms with van der Waals surface area (Å²) in [6.45, 7) is 3.44. The molecule has 1 unspecified atom stereocenters. The number of carbonyl (C=O) groups is 2. The third kappa shape index (κ3) is 5.19. The summed E-state index contributed by atoms with van der Waals surface area (Å²) >= 11 is 0. The minimum atomic E-state index is -0.860. The topological polar surface area (TPSA) is 49.4 Å². The van der Waals surface area contributed by atoms with E-state index in [0.717, 1.165) is 12.5 Å². The lowest BCUT2D eigenvalue weighted by Gasteiger charge is -2.31. The number of benzene rings is 2. The van der Waals surface area contributed by atoms with Gasteiger partial charge >= 0.3 is 0 Å². The van der Waals surface area contributed by atoms with Crippen LogP contribution in [0.1, 0.15) is 48.0 Å². The fourth-order valence-electron chi connectivity index (χ4n) is 3.77. The normalized spacial score (nSPS) is 15.8. The van der Waals surface area contributed by atoms with E-state index in [1.807, 2.05) is 18.2 Å². The third-order valence-electron chi connectivity index (χ3n) is 5.60. The molecule has 0 aliphatic carbocycles. The van der Waals surface area contributed by atoms with Gasteiger partial charge in [0.2, 0.25) is 5.91 Å².